The Balaban J connectivity index is 0.00000141. The van der Waals surface area contributed by atoms with Crippen molar-refractivity contribution in [3.63, 3.8) is 0 Å². The highest BCUT2D eigenvalue weighted by molar-refractivity contribution is 6.29. The van der Waals surface area contributed by atoms with Crippen molar-refractivity contribution in [3.05, 3.63) is 71.5 Å². The van der Waals surface area contributed by atoms with E-state index in [-0.39, 0.29) is 28.8 Å². The third-order valence-electron chi connectivity index (χ3n) is 3.78. The zero-order chi connectivity index (χ0) is 23.1. The van der Waals surface area contributed by atoms with Gasteiger partial charge in [0.05, 0.1) is 5.56 Å². The number of alkyl halides is 3. The van der Waals surface area contributed by atoms with Crippen LogP contribution in [0.1, 0.15) is 19.4 Å². The van der Waals surface area contributed by atoms with Crippen LogP contribution in [0.15, 0.2) is 65.2 Å². The van der Waals surface area contributed by atoms with E-state index in [0.717, 1.165) is 12.1 Å². The molecule has 1 N–H and O–H groups in total. The van der Waals surface area contributed by atoms with Gasteiger partial charge >= 0.3 is 18.2 Å². The molecule has 0 bridgehead atoms. The van der Waals surface area contributed by atoms with E-state index in [9.17, 15) is 13.2 Å². The van der Waals surface area contributed by atoms with Gasteiger partial charge in [0.1, 0.15) is 10.9 Å². The van der Waals surface area contributed by atoms with E-state index in [0.29, 0.717) is 11.3 Å². The molecule has 0 amide bonds. The van der Waals surface area contributed by atoms with Gasteiger partial charge in [-0.15, -0.1) is 5.10 Å². The van der Waals surface area contributed by atoms with E-state index in [1.807, 2.05) is 13.8 Å². The number of aromatic nitrogens is 4. The molecule has 0 atom stereocenters. The Kier molecular flexibility index (Phi) is 7.26. The molecule has 0 aliphatic rings. The number of benzene rings is 2. The van der Waals surface area contributed by atoms with Crippen molar-refractivity contribution in [2.45, 2.75) is 20.0 Å². The first-order valence-electron chi connectivity index (χ1n) is 9.41. The molecule has 7 nitrogen and oxygen atoms in total. The Hall–Kier alpha value is -3.66. The molecule has 0 aliphatic carbocycles. The molecule has 4 rings (SSSR count). The molecular formula is C21H17ClF3N5O2. The first kappa shape index (κ1) is 23.0. The lowest BCUT2D eigenvalue weighted by atomic mass is 10.2. The largest absolute Gasteiger partial charge is 0.424 e. The fourth-order valence-electron chi connectivity index (χ4n) is 2.43. The summed E-state index contributed by atoms with van der Waals surface area (Å²) in [7, 11) is 0. The van der Waals surface area contributed by atoms with Crippen LogP contribution in [0.3, 0.4) is 0 Å². The van der Waals surface area contributed by atoms with E-state index in [2.05, 4.69) is 25.5 Å². The van der Waals surface area contributed by atoms with Crippen LogP contribution in [0.4, 0.5) is 24.9 Å². The molecule has 0 spiro atoms. The number of halogens is 4. The highest BCUT2D eigenvalue weighted by atomic mass is 35.5. The third kappa shape index (κ3) is 5.94. The summed E-state index contributed by atoms with van der Waals surface area (Å²) in [6.07, 6.45) is -2.98. The Morgan fingerprint density at radius 3 is 2.44 bits per heavy atom. The van der Waals surface area contributed by atoms with Crippen LogP contribution in [0.2, 0.25) is 5.15 Å². The van der Waals surface area contributed by atoms with Gasteiger partial charge in [-0.3, -0.25) is 0 Å². The van der Waals surface area contributed by atoms with Crippen LogP contribution < -0.4 is 10.1 Å². The fourth-order valence-corrected chi connectivity index (χ4v) is 2.56. The lowest BCUT2D eigenvalue weighted by Gasteiger charge is -2.08. The van der Waals surface area contributed by atoms with Crippen molar-refractivity contribution in [1.82, 2.24) is 20.2 Å². The normalized spacial score (nSPS) is 10.8. The lowest BCUT2D eigenvalue weighted by Crippen LogP contribution is -2.05. The molecule has 166 valence electrons. The number of hydrogen-bond donors (Lipinski definition) is 1. The Morgan fingerprint density at radius 1 is 1.00 bits per heavy atom. The highest BCUT2D eigenvalue weighted by Crippen LogP contribution is 2.32. The second-order valence-corrected chi connectivity index (χ2v) is 6.29. The third-order valence-corrected chi connectivity index (χ3v) is 3.99. The molecule has 0 saturated carbocycles. The standard InChI is InChI=1S/C19H11ClF3N5O2.C2H6/c20-15-8-9-24-17(26-15)29-14-6-4-11(5-7-14)16-27-28-18(30-16)25-13-3-1-2-12(10-13)19(21,22)23;1-2/h1-10H,(H,25,28);1-2H3. The highest BCUT2D eigenvalue weighted by Gasteiger charge is 2.30. The van der Waals surface area contributed by atoms with Gasteiger partial charge in [0.15, 0.2) is 0 Å². The SMILES string of the molecule is CC.FC(F)(F)c1cccc(Nc2nnc(-c3ccc(Oc4nccc(Cl)n4)cc3)o2)c1. The van der Waals surface area contributed by atoms with Crippen LogP contribution in [-0.4, -0.2) is 20.2 Å². The molecule has 4 aromatic rings. The average molecular weight is 464 g/mol. The van der Waals surface area contributed by atoms with Gasteiger partial charge < -0.3 is 14.5 Å². The van der Waals surface area contributed by atoms with Crippen molar-refractivity contribution in [2.24, 2.45) is 0 Å². The Bertz CT molecular complexity index is 1170. The predicted octanol–water partition coefficient (Wildman–Crippen LogP) is 6.76. The van der Waals surface area contributed by atoms with Gasteiger partial charge in [0.2, 0.25) is 5.89 Å². The lowest BCUT2D eigenvalue weighted by molar-refractivity contribution is -0.137. The maximum Gasteiger partial charge on any atom is 0.416 e. The van der Waals surface area contributed by atoms with E-state index < -0.39 is 11.7 Å². The van der Waals surface area contributed by atoms with Crippen molar-refractivity contribution < 1.29 is 22.3 Å². The molecule has 0 aliphatic heterocycles. The van der Waals surface area contributed by atoms with Gasteiger partial charge in [-0.05, 0) is 48.5 Å². The summed E-state index contributed by atoms with van der Waals surface area (Å²) >= 11 is 5.79. The van der Waals surface area contributed by atoms with Gasteiger partial charge in [-0.1, -0.05) is 36.6 Å². The summed E-state index contributed by atoms with van der Waals surface area (Å²) in [5.41, 5.74) is -0.0317. The monoisotopic (exact) mass is 463 g/mol. The number of rotatable bonds is 5. The molecule has 2 aromatic carbocycles. The van der Waals surface area contributed by atoms with Crippen molar-refractivity contribution in [3.8, 4) is 23.2 Å². The van der Waals surface area contributed by atoms with E-state index in [4.69, 9.17) is 20.8 Å². The minimum absolute atomic E-state index is 0.0445. The van der Waals surface area contributed by atoms with Crippen LogP contribution >= 0.6 is 11.6 Å². The Labute approximate surface area is 186 Å². The first-order chi connectivity index (χ1) is 15.4. The quantitative estimate of drug-likeness (QED) is 0.327. The average Bonchev–Trinajstić information content (AvgIpc) is 3.24. The maximum atomic E-state index is 12.8. The molecule has 0 radical (unpaired) electrons. The molecular weight excluding hydrogens is 447 g/mol. The first-order valence-corrected chi connectivity index (χ1v) is 9.79. The molecule has 32 heavy (non-hydrogen) atoms. The summed E-state index contributed by atoms with van der Waals surface area (Å²) in [6.45, 7) is 4.00. The summed E-state index contributed by atoms with van der Waals surface area (Å²) < 4.78 is 49.4. The molecule has 11 heteroatoms. The zero-order valence-electron chi connectivity index (χ0n) is 16.9. The van der Waals surface area contributed by atoms with Gasteiger partial charge in [-0.2, -0.15) is 18.2 Å². The zero-order valence-corrected chi connectivity index (χ0v) is 17.6. The van der Waals surface area contributed by atoms with Crippen molar-refractivity contribution in [2.75, 3.05) is 5.32 Å². The van der Waals surface area contributed by atoms with E-state index >= 15 is 0 Å². The number of nitrogens with zero attached hydrogens (tertiary/aromatic N) is 4. The topological polar surface area (TPSA) is 86.0 Å². The summed E-state index contributed by atoms with van der Waals surface area (Å²) in [5, 5.41) is 10.6. The Morgan fingerprint density at radius 2 is 1.75 bits per heavy atom. The number of nitrogens with one attached hydrogen (secondary N) is 1. The van der Waals surface area contributed by atoms with E-state index in [1.165, 1.54) is 24.4 Å². The maximum absolute atomic E-state index is 12.8. The number of hydrogen-bond acceptors (Lipinski definition) is 7. The van der Waals surface area contributed by atoms with Crippen LogP contribution in [0.25, 0.3) is 11.5 Å². The molecule has 0 saturated heterocycles. The number of anilines is 2. The molecule has 2 heterocycles. The minimum atomic E-state index is -4.45. The molecule has 0 fully saturated rings. The summed E-state index contributed by atoms with van der Waals surface area (Å²) in [6, 6.07) is 12.9. The van der Waals surface area contributed by atoms with Crippen LogP contribution in [0.5, 0.6) is 11.8 Å². The predicted molar refractivity (Wildman–Crippen MR) is 113 cm³/mol. The van der Waals surface area contributed by atoms with Gasteiger partial charge in [0, 0.05) is 17.4 Å². The van der Waals surface area contributed by atoms with Crippen molar-refractivity contribution >= 4 is 23.3 Å². The number of ether oxygens (including phenoxy) is 1. The molecule has 0 unspecified atom stereocenters. The van der Waals surface area contributed by atoms with Gasteiger partial charge in [0.25, 0.3) is 0 Å². The molecule has 2 aromatic heterocycles. The summed E-state index contributed by atoms with van der Waals surface area (Å²) in [4.78, 5) is 7.87. The second kappa shape index (κ2) is 10.1. The fraction of sp³-hybridized carbons (Fsp3) is 0.143. The van der Waals surface area contributed by atoms with E-state index in [1.54, 1.807) is 24.3 Å². The van der Waals surface area contributed by atoms with Crippen molar-refractivity contribution in [1.29, 1.82) is 0 Å². The van der Waals surface area contributed by atoms with Crippen LogP contribution in [-0.2, 0) is 6.18 Å². The van der Waals surface area contributed by atoms with Gasteiger partial charge in [-0.25, -0.2) is 4.98 Å². The van der Waals surface area contributed by atoms with Crippen LogP contribution in [0, 0.1) is 0 Å². The minimum Gasteiger partial charge on any atom is -0.424 e. The second-order valence-electron chi connectivity index (χ2n) is 5.90. The summed E-state index contributed by atoms with van der Waals surface area (Å²) in [5.74, 6) is 0.637. The smallest absolute Gasteiger partial charge is 0.416 e.